The second kappa shape index (κ2) is 8.22. The summed E-state index contributed by atoms with van der Waals surface area (Å²) in [5.41, 5.74) is 0.295. The molecule has 32 heavy (non-hydrogen) atoms. The molecule has 0 unspecified atom stereocenters. The lowest BCUT2D eigenvalue weighted by Gasteiger charge is -2.23. The lowest BCUT2D eigenvalue weighted by molar-refractivity contribution is 0.358. The van der Waals surface area contributed by atoms with E-state index in [9.17, 15) is 9.59 Å². The summed E-state index contributed by atoms with van der Waals surface area (Å²) in [5.74, 6) is 0.701. The van der Waals surface area contributed by atoms with Gasteiger partial charge in [0.25, 0.3) is 5.56 Å². The van der Waals surface area contributed by atoms with Gasteiger partial charge >= 0.3 is 5.69 Å². The average Bonchev–Trinajstić information content (AvgIpc) is 3.35. The maximum Gasteiger partial charge on any atom is 0.332 e. The summed E-state index contributed by atoms with van der Waals surface area (Å²) in [6, 6.07) is 5.41. The van der Waals surface area contributed by atoms with Gasteiger partial charge in [-0.15, -0.1) is 4.80 Å². The number of rotatable bonds is 5. The standard InChI is InChI=1S/C22H24ClN5O3S/c1-13-17-18(29)27(22(2,3)4)21(30)26(20(17)32-19(13)28-24-9-10-25-28)11-8-14-12-15(23)6-7-16(14)31-5/h6-7,9-10,12H,8,11H2,1-5H3. The summed E-state index contributed by atoms with van der Waals surface area (Å²) in [7, 11) is 1.60. The van der Waals surface area contributed by atoms with Crippen molar-refractivity contribution in [3.05, 3.63) is 67.6 Å². The van der Waals surface area contributed by atoms with E-state index in [2.05, 4.69) is 10.2 Å². The molecular formula is C22H24ClN5O3S. The van der Waals surface area contributed by atoms with Crippen molar-refractivity contribution in [3.63, 3.8) is 0 Å². The van der Waals surface area contributed by atoms with E-state index in [1.165, 1.54) is 20.7 Å². The fraction of sp³-hybridized carbons (Fsp3) is 0.364. The molecule has 0 bridgehead atoms. The van der Waals surface area contributed by atoms with Gasteiger partial charge in [-0.25, -0.2) is 4.79 Å². The molecule has 0 saturated heterocycles. The Morgan fingerprint density at radius 1 is 1.16 bits per heavy atom. The summed E-state index contributed by atoms with van der Waals surface area (Å²) in [6.45, 7) is 7.77. The van der Waals surface area contributed by atoms with Gasteiger partial charge in [-0.1, -0.05) is 22.9 Å². The fourth-order valence-corrected chi connectivity index (χ4v) is 5.24. The molecule has 0 saturated carbocycles. The SMILES string of the molecule is COc1ccc(Cl)cc1CCn1c(=O)n(C(C)(C)C)c(=O)c2c(C)c(-n3nccn3)sc21. The van der Waals surface area contributed by atoms with Crippen molar-refractivity contribution >= 4 is 33.2 Å². The quantitative estimate of drug-likeness (QED) is 0.440. The minimum absolute atomic E-state index is 0.304. The zero-order valence-electron chi connectivity index (χ0n) is 18.5. The highest BCUT2D eigenvalue weighted by atomic mass is 35.5. The highest BCUT2D eigenvalue weighted by Crippen LogP contribution is 2.31. The minimum Gasteiger partial charge on any atom is -0.496 e. The predicted molar refractivity (Wildman–Crippen MR) is 127 cm³/mol. The van der Waals surface area contributed by atoms with E-state index >= 15 is 0 Å². The number of thiophene rings is 1. The molecule has 0 aliphatic heterocycles. The number of benzene rings is 1. The molecule has 10 heteroatoms. The summed E-state index contributed by atoms with van der Waals surface area (Å²) >= 11 is 7.52. The molecule has 168 valence electrons. The van der Waals surface area contributed by atoms with Gasteiger partial charge in [0.15, 0.2) is 0 Å². The second-order valence-corrected chi connectivity index (χ2v) is 9.90. The van der Waals surface area contributed by atoms with Crippen molar-refractivity contribution in [1.82, 2.24) is 24.1 Å². The first kappa shape index (κ1) is 22.3. The molecule has 0 atom stereocenters. The molecule has 4 rings (SSSR count). The molecule has 0 aliphatic carbocycles. The first-order chi connectivity index (χ1) is 15.1. The molecule has 0 amide bonds. The number of aromatic nitrogens is 5. The van der Waals surface area contributed by atoms with E-state index in [0.717, 1.165) is 11.1 Å². The van der Waals surface area contributed by atoms with Crippen LogP contribution in [0.25, 0.3) is 15.2 Å². The highest BCUT2D eigenvalue weighted by molar-refractivity contribution is 7.21. The van der Waals surface area contributed by atoms with E-state index < -0.39 is 5.54 Å². The smallest absolute Gasteiger partial charge is 0.332 e. The van der Waals surface area contributed by atoms with E-state index in [-0.39, 0.29) is 11.2 Å². The molecule has 0 aliphatic rings. The van der Waals surface area contributed by atoms with Crippen LogP contribution in [-0.2, 0) is 18.5 Å². The Labute approximate surface area is 193 Å². The maximum absolute atomic E-state index is 13.5. The van der Waals surface area contributed by atoms with Crippen molar-refractivity contribution in [1.29, 1.82) is 0 Å². The normalized spacial score (nSPS) is 11.9. The van der Waals surface area contributed by atoms with Gasteiger partial charge in [0.2, 0.25) is 0 Å². The van der Waals surface area contributed by atoms with Crippen LogP contribution in [0.4, 0.5) is 0 Å². The highest BCUT2D eigenvalue weighted by Gasteiger charge is 2.26. The van der Waals surface area contributed by atoms with Crippen molar-refractivity contribution in [2.45, 2.75) is 46.2 Å². The lowest BCUT2D eigenvalue weighted by atomic mass is 10.1. The summed E-state index contributed by atoms with van der Waals surface area (Å²) < 4.78 is 8.44. The third-order valence-electron chi connectivity index (χ3n) is 5.31. The molecular weight excluding hydrogens is 450 g/mol. The number of halogens is 1. The largest absolute Gasteiger partial charge is 0.496 e. The van der Waals surface area contributed by atoms with Gasteiger partial charge in [-0.3, -0.25) is 13.9 Å². The van der Waals surface area contributed by atoms with E-state index in [1.807, 2.05) is 39.8 Å². The van der Waals surface area contributed by atoms with Crippen molar-refractivity contribution < 1.29 is 4.74 Å². The average molecular weight is 474 g/mol. The van der Waals surface area contributed by atoms with Crippen molar-refractivity contribution in [2.24, 2.45) is 0 Å². The molecule has 1 aromatic carbocycles. The van der Waals surface area contributed by atoms with Crippen LogP contribution >= 0.6 is 22.9 Å². The maximum atomic E-state index is 13.5. The first-order valence-electron chi connectivity index (χ1n) is 10.1. The van der Waals surface area contributed by atoms with E-state index in [4.69, 9.17) is 16.3 Å². The molecule has 0 N–H and O–H groups in total. The van der Waals surface area contributed by atoms with Gasteiger partial charge in [-0.05, 0) is 57.9 Å². The van der Waals surface area contributed by atoms with Crippen LogP contribution in [0.2, 0.25) is 5.02 Å². The number of hydrogen-bond acceptors (Lipinski definition) is 6. The van der Waals surface area contributed by atoms with Gasteiger partial charge in [0, 0.05) is 22.7 Å². The molecule has 0 radical (unpaired) electrons. The molecule has 3 aromatic heterocycles. The van der Waals surface area contributed by atoms with Gasteiger partial charge < -0.3 is 4.74 Å². The van der Waals surface area contributed by atoms with Crippen LogP contribution in [0.5, 0.6) is 5.75 Å². The molecule has 8 nitrogen and oxygen atoms in total. The lowest BCUT2D eigenvalue weighted by Crippen LogP contribution is -2.47. The van der Waals surface area contributed by atoms with E-state index in [0.29, 0.717) is 39.0 Å². The van der Waals surface area contributed by atoms with Crippen LogP contribution in [-0.4, -0.2) is 31.2 Å². The fourth-order valence-electron chi connectivity index (χ4n) is 3.81. The summed E-state index contributed by atoms with van der Waals surface area (Å²) in [4.78, 5) is 29.1. The Balaban J connectivity index is 1.95. The Morgan fingerprint density at radius 3 is 2.47 bits per heavy atom. The van der Waals surface area contributed by atoms with Crippen molar-refractivity contribution in [3.8, 4) is 10.8 Å². The molecule has 0 fully saturated rings. The number of aryl methyl sites for hydroxylation is 3. The monoisotopic (exact) mass is 473 g/mol. The number of nitrogens with zero attached hydrogens (tertiary/aromatic N) is 5. The van der Waals surface area contributed by atoms with Crippen LogP contribution in [0, 0.1) is 6.92 Å². The number of ether oxygens (including phenoxy) is 1. The molecule has 0 spiro atoms. The Kier molecular flexibility index (Phi) is 5.72. The Bertz CT molecular complexity index is 1410. The van der Waals surface area contributed by atoms with Gasteiger partial charge in [0.1, 0.15) is 15.6 Å². The van der Waals surface area contributed by atoms with Gasteiger partial charge in [-0.2, -0.15) is 10.2 Å². The van der Waals surface area contributed by atoms with Crippen LogP contribution in [0.3, 0.4) is 0 Å². The number of hydrogen-bond donors (Lipinski definition) is 0. The second-order valence-electron chi connectivity index (χ2n) is 8.48. The molecule has 3 heterocycles. The van der Waals surface area contributed by atoms with E-state index in [1.54, 1.807) is 30.1 Å². The minimum atomic E-state index is -0.684. The Hall–Kier alpha value is -2.91. The van der Waals surface area contributed by atoms with Gasteiger partial charge in [0.05, 0.1) is 24.9 Å². The zero-order valence-corrected chi connectivity index (χ0v) is 20.1. The van der Waals surface area contributed by atoms with Crippen LogP contribution in [0.15, 0.2) is 40.2 Å². The third kappa shape index (κ3) is 3.75. The summed E-state index contributed by atoms with van der Waals surface area (Å²) in [5, 5.41) is 10.2. The topological polar surface area (TPSA) is 83.9 Å². The zero-order chi connectivity index (χ0) is 23.2. The predicted octanol–water partition coefficient (Wildman–Crippen LogP) is 3.77. The third-order valence-corrected chi connectivity index (χ3v) is 6.82. The number of fused-ring (bicyclic) bond motifs is 1. The first-order valence-corrected chi connectivity index (χ1v) is 11.3. The van der Waals surface area contributed by atoms with Crippen molar-refractivity contribution in [2.75, 3.05) is 7.11 Å². The number of methoxy groups -OCH3 is 1. The summed E-state index contributed by atoms with van der Waals surface area (Å²) in [6.07, 6.45) is 3.67. The molecule has 4 aromatic rings. The van der Waals surface area contributed by atoms with Crippen LogP contribution < -0.4 is 16.0 Å². The van der Waals surface area contributed by atoms with Crippen LogP contribution in [0.1, 0.15) is 31.9 Å². The Morgan fingerprint density at radius 2 is 1.84 bits per heavy atom.